The lowest BCUT2D eigenvalue weighted by atomic mass is 10.0. The summed E-state index contributed by atoms with van der Waals surface area (Å²) in [6.45, 7) is 0. The fraction of sp³-hybridized carbons (Fsp3) is 0. The van der Waals surface area contributed by atoms with Gasteiger partial charge in [0.25, 0.3) is 0 Å². The second-order valence-corrected chi connectivity index (χ2v) is 4.74. The second kappa shape index (κ2) is 6.29. The maximum Gasteiger partial charge on any atom is 0.504 e. The third-order valence-corrected chi connectivity index (χ3v) is 3.41. The van der Waals surface area contributed by atoms with Crippen molar-refractivity contribution in [3.05, 3.63) is 78.9 Å². The number of hydrogen-bond donors (Lipinski definition) is 1. The fourth-order valence-electron chi connectivity index (χ4n) is 2.30. The molecule has 21 heavy (non-hydrogen) atoms. The molecule has 3 aromatic carbocycles. The largest absolute Gasteiger partial charge is 0.539 e. The Morgan fingerprint density at radius 3 is 1.48 bits per heavy atom. The van der Waals surface area contributed by atoms with Gasteiger partial charge in [0.15, 0.2) is 0 Å². The summed E-state index contributed by atoms with van der Waals surface area (Å²) in [5.41, 5.74) is 4.71. The third kappa shape index (κ3) is 3.15. The van der Waals surface area contributed by atoms with Gasteiger partial charge < -0.3 is 9.68 Å². The van der Waals surface area contributed by atoms with Crippen molar-refractivity contribution in [2.24, 2.45) is 0 Å². The van der Waals surface area contributed by atoms with Crippen molar-refractivity contribution in [1.29, 1.82) is 0 Å². The van der Waals surface area contributed by atoms with Gasteiger partial charge in [0.2, 0.25) is 0 Å². The molecule has 0 bridgehead atoms. The minimum Gasteiger partial charge on any atom is -0.539 e. The van der Waals surface area contributed by atoms with Crippen LogP contribution in [0, 0.1) is 0 Å². The minimum absolute atomic E-state index is 0.300. The average molecular weight is 274 g/mol. The second-order valence-electron chi connectivity index (χ2n) is 4.74. The zero-order chi connectivity index (χ0) is 14.5. The molecule has 3 heteroatoms. The van der Waals surface area contributed by atoms with Gasteiger partial charge >= 0.3 is 7.69 Å². The van der Waals surface area contributed by atoms with E-state index in [1.54, 1.807) is 0 Å². The Hall–Kier alpha value is -2.52. The minimum atomic E-state index is -0.300. The van der Waals surface area contributed by atoms with Gasteiger partial charge in [0.05, 0.1) is 0 Å². The Labute approximate surface area is 125 Å². The molecule has 0 aromatic heterocycles. The van der Waals surface area contributed by atoms with Gasteiger partial charge in [-0.25, -0.2) is 0 Å². The van der Waals surface area contributed by atoms with E-state index in [1.807, 2.05) is 42.5 Å². The van der Waals surface area contributed by atoms with E-state index in [1.165, 1.54) is 11.1 Å². The molecule has 0 saturated heterocycles. The standard InChI is InChI=1S/C18H15BO2/c20-19-21-18-12-10-17(11-13-18)16-8-6-15(7-9-16)14-4-2-1-3-5-14/h1-13,19-20H. The van der Waals surface area contributed by atoms with Crippen molar-refractivity contribution in [2.45, 2.75) is 0 Å². The molecule has 0 atom stereocenters. The first-order chi connectivity index (χ1) is 10.4. The Morgan fingerprint density at radius 1 is 0.571 bits per heavy atom. The summed E-state index contributed by atoms with van der Waals surface area (Å²) in [5.74, 6) is 0.669. The van der Waals surface area contributed by atoms with Crippen LogP contribution in [0.4, 0.5) is 0 Å². The summed E-state index contributed by atoms with van der Waals surface area (Å²) in [4.78, 5) is 0. The van der Waals surface area contributed by atoms with E-state index in [0.717, 1.165) is 11.1 Å². The van der Waals surface area contributed by atoms with Crippen LogP contribution in [0.1, 0.15) is 0 Å². The van der Waals surface area contributed by atoms with E-state index in [4.69, 9.17) is 9.68 Å². The van der Waals surface area contributed by atoms with Crippen LogP contribution in [0.15, 0.2) is 78.9 Å². The van der Waals surface area contributed by atoms with Gasteiger partial charge in [0.1, 0.15) is 5.75 Å². The molecule has 0 radical (unpaired) electrons. The maximum absolute atomic E-state index is 8.72. The Morgan fingerprint density at radius 2 is 1.00 bits per heavy atom. The van der Waals surface area contributed by atoms with Gasteiger partial charge in [-0.3, -0.25) is 0 Å². The van der Waals surface area contributed by atoms with Crippen molar-refractivity contribution >= 4 is 7.69 Å². The van der Waals surface area contributed by atoms with Crippen LogP contribution in [0.5, 0.6) is 5.75 Å². The molecule has 0 fully saturated rings. The summed E-state index contributed by atoms with van der Waals surface area (Å²) < 4.78 is 5.03. The highest BCUT2D eigenvalue weighted by molar-refractivity contribution is 6.17. The molecule has 0 aliphatic carbocycles. The average Bonchev–Trinajstić information content (AvgIpc) is 2.57. The van der Waals surface area contributed by atoms with Crippen LogP contribution in [0.3, 0.4) is 0 Å². The lowest BCUT2D eigenvalue weighted by Gasteiger charge is -2.06. The molecule has 0 aliphatic rings. The molecular weight excluding hydrogens is 259 g/mol. The molecule has 0 amide bonds. The normalized spacial score (nSPS) is 10.1. The topological polar surface area (TPSA) is 29.5 Å². The molecule has 1 N–H and O–H groups in total. The summed E-state index contributed by atoms with van der Waals surface area (Å²) in [6, 6.07) is 26.5. The Balaban J connectivity index is 1.84. The van der Waals surface area contributed by atoms with Crippen LogP contribution in [0.2, 0.25) is 0 Å². The summed E-state index contributed by atoms with van der Waals surface area (Å²) in [7, 11) is -0.300. The molecular formula is C18H15BO2. The molecule has 0 heterocycles. The van der Waals surface area contributed by atoms with E-state index in [0.29, 0.717) is 5.75 Å². The summed E-state index contributed by atoms with van der Waals surface area (Å²) in [6.07, 6.45) is 0. The van der Waals surface area contributed by atoms with E-state index in [2.05, 4.69) is 36.4 Å². The lowest BCUT2D eigenvalue weighted by molar-refractivity contribution is 0.454. The monoisotopic (exact) mass is 274 g/mol. The van der Waals surface area contributed by atoms with Crippen molar-refractivity contribution in [2.75, 3.05) is 0 Å². The molecule has 0 spiro atoms. The highest BCUT2D eigenvalue weighted by atomic mass is 16.5. The maximum atomic E-state index is 8.72. The van der Waals surface area contributed by atoms with Gasteiger partial charge in [0, 0.05) is 0 Å². The Bertz CT molecular complexity index is 692. The van der Waals surface area contributed by atoms with Gasteiger partial charge in [-0.05, 0) is 34.4 Å². The Kier molecular flexibility index (Phi) is 4.03. The highest BCUT2D eigenvalue weighted by Crippen LogP contribution is 2.26. The summed E-state index contributed by atoms with van der Waals surface area (Å²) in [5, 5.41) is 8.72. The first-order valence-electron chi connectivity index (χ1n) is 6.86. The van der Waals surface area contributed by atoms with Crippen molar-refractivity contribution in [1.82, 2.24) is 0 Å². The lowest BCUT2D eigenvalue weighted by Crippen LogP contribution is -1.99. The van der Waals surface area contributed by atoms with E-state index in [9.17, 15) is 0 Å². The SMILES string of the molecule is OBOc1ccc(-c2ccc(-c3ccccc3)cc2)cc1. The predicted molar refractivity (Wildman–Crippen MR) is 87.3 cm³/mol. The molecule has 0 unspecified atom stereocenters. The van der Waals surface area contributed by atoms with Crippen LogP contribution >= 0.6 is 0 Å². The summed E-state index contributed by atoms with van der Waals surface area (Å²) >= 11 is 0. The zero-order valence-electron chi connectivity index (χ0n) is 11.6. The highest BCUT2D eigenvalue weighted by Gasteiger charge is 2.01. The quantitative estimate of drug-likeness (QED) is 0.736. The van der Waals surface area contributed by atoms with Crippen LogP contribution < -0.4 is 4.65 Å². The number of rotatable bonds is 4. The first-order valence-corrected chi connectivity index (χ1v) is 6.86. The predicted octanol–water partition coefficient (Wildman–Crippen LogP) is 3.66. The van der Waals surface area contributed by atoms with Crippen molar-refractivity contribution in [3.63, 3.8) is 0 Å². The van der Waals surface area contributed by atoms with Crippen LogP contribution in [-0.4, -0.2) is 12.7 Å². The van der Waals surface area contributed by atoms with E-state index in [-0.39, 0.29) is 7.69 Å². The molecule has 2 nitrogen and oxygen atoms in total. The first kappa shape index (κ1) is 13.5. The van der Waals surface area contributed by atoms with Crippen molar-refractivity contribution < 1.29 is 9.68 Å². The molecule has 3 rings (SSSR count). The number of benzene rings is 3. The molecule has 0 aliphatic heterocycles. The smallest absolute Gasteiger partial charge is 0.504 e. The molecule has 0 saturated carbocycles. The third-order valence-electron chi connectivity index (χ3n) is 3.41. The van der Waals surface area contributed by atoms with Gasteiger partial charge in [-0.15, -0.1) is 0 Å². The number of hydrogen-bond acceptors (Lipinski definition) is 2. The zero-order valence-corrected chi connectivity index (χ0v) is 11.6. The van der Waals surface area contributed by atoms with Crippen LogP contribution in [0.25, 0.3) is 22.3 Å². The van der Waals surface area contributed by atoms with Gasteiger partial charge in [-0.2, -0.15) is 0 Å². The van der Waals surface area contributed by atoms with E-state index >= 15 is 0 Å². The molecule has 3 aromatic rings. The van der Waals surface area contributed by atoms with Crippen LogP contribution in [-0.2, 0) is 0 Å². The fourth-order valence-corrected chi connectivity index (χ4v) is 2.30. The van der Waals surface area contributed by atoms with Gasteiger partial charge in [-0.1, -0.05) is 66.7 Å². The van der Waals surface area contributed by atoms with E-state index < -0.39 is 0 Å². The van der Waals surface area contributed by atoms with Crippen molar-refractivity contribution in [3.8, 4) is 28.0 Å². The molecule has 102 valence electrons.